The van der Waals surface area contributed by atoms with Crippen LogP contribution in [0.1, 0.15) is 0 Å². The fourth-order valence-electron chi connectivity index (χ4n) is 7.68. The molecule has 50 heavy (non-hydrogen) atoms. The first-order valence-electron chi connectivity index (χ1n) is 17.1. The van der Waals surface area contributed by atoms with Crippen molar-refractivity contribution in [3.63, 3.8) is 0 Å². The molecule has 0 aliphatic carbocycles. The van der Waals surface area contributed by atoms with Crippen LogP contribution in [-0.4, -0.2) is 0 Å². The highest BCUT2D eigenvalue weighted by molar-refractivity contribution is 6.15. The smallest absolute Gasteiger partial charge is 0.143 e. The standard InChI is InChI=1S/C48H31NO/c1-3-14-38-32(11-1)13-9-19-39(38)33-23-27-36(28-24-33)49(46-31-35-12-2-4-15-40(35)42-16-5-6-17-43(42)46)37-29-25-34(26-30-37)41-20-10-21-45-44-18-7-8-22-47(44)50-48(41)45/h1-31H. The first-order chi connectivity index (χ1) is 24.8. The van der Waals surface area contributed by atoms with Crippen LogP contribution in [0.5, 0.6) is 0 Å². The Hall–Kier alpha value is -6.64. The summed E-state index contributed by atoms with van der Waals surface area (Å²) in [5, 5.41) is 9.71. The molecule has 9 aromatic carbocycles. The average molecular weight is 638 g/mol. The molecule has 0 saturated heterocycles. The van der Waals surface area contributed by atoms with Gasteiger partial charge in [0.2, 0.25) is 0 Å². The second-order valence-corrected chi connectivity index (χ2v) is 12.9. The molecule has 2 nitrogen and oxygen atoms in total. The van der Waals surface area contributed by atoms with Gasteiger partial charge in [-0.05, 0) is 80.0 Å². The summed E-state index contributed by atoms with van der Waals surface area (Å²) in [6, 6.07) is 67.5. The number of hydrogen-bond donors (Lipinski definition) is 0. The van der Waals surface area contributed by atoms with Gasteiger partial charge in [-0.1, -0.05) is 152 Å². The highest BCUT2D eigenvalue weighted by Crippen LogP contribution is 2.44. The van der Waals surface area contributed by atoms with Gasteiger partial charge in [-0.25, -0.2) is 0 Å². The number of rotatable bonds is 5. The summed E-state index contributed by atoms with van der Waals surface area (Å²) in [4.78, 5) is 2.40. The predicted octanol–water partition coefficient (Wildman–Crippen LogP) is 13.8. The molecular weight excluding hydrogens is 607 g/mol. The molecule has 10 aromatic rings. The van der Waals surface area contributed by atoms with Crippen LogP contribution in [-0.2, 0) is 0 Å². The maximum Gasteiger partial charge on any atom is 0.143 e. The van der Waals surface area contributed by atoms with Crippen LogP contribution in [0.15, 0.2) is 192 Å². The van der Waals surface area contributed by atoms with Crippen LogP contribution in [0.2, 0.25) is 0 Å². The van der Waals surface area contributed by atoms with E-state index in [1.165, 1.54) is 43.4 Å². The molecule has 0 aliphatic rings. The molecule has 234 valence electrons. The van der Waals surface area contributed by atoms with E-state index in [2.05, 4.69) is 181 Å². The molecule has 10 rings (SSSR count). The van der Waals surface area contributed by atoms with E-state index in [1.54, 1.807) is 0 Å². The van der Waals surface area contributed by atoms with Crippen molar-refractivity contribution >= 4 is 71.3 Å². The molecule has 1 aromatic heterocycles. The third-order valence-corrected chi connectivity index (χ3v) is 10.1. The Morgan fingerprint density at radius 1 is 0.340 bits per heavy atom. The van der Waals surface area contributed by atoms with Gasteiger partial charge < -0.3 is 9.32 Å². The van der Waals surface area contributed by atoms with Crippen molar-refractivity contribution in [2.24, 2.45) is 0 Å². The highest BCUT2D eigenvalue weighted by Gasteiger charge is 2.19. The Bertz CT molecular complexity index is 2860. The fraction of sp³-hybridized carbons (Fsp3) is 0. The van der Waals surface area contributed by atoms with Crippen molar-refractivity contribution in [2.75, 3.05) is 4.90 Å². The summed E-state index contributed by atoms with van der Waals surface area (Å²) in [6.45, 7) is 0. The molecule has 2 heteroatoms. The minimum absolute atomic E-state index is 0.910. The van der Waals surface area contributed by atoms with Gasteiger partial charge in [0.05, 0.1) is 5.69 Å². The largest absolute Gasteiger partial charge is 0.455 e. The number of nitrogens with zero attached hydrogens (tertiary/aromatic N) is 1. The summed E-state index contributed by atoms with van der Waals surface area (Å²) in [5.41, 5.74) is 9.80. The maximum absolute atomic E-state index is 6.41. The lowest BCUT2D eigenvalue weighted by Gasteiger charge is -2.28. The zero-order chi connectivity index (χ0) is 33.0. The molecular formula is C48H31NO. The molecule has 0 spiro atoms. The van der Waals surface area contributed by atoms with Gasteiger partial charge in [0, 0.05) is 33.1 Å². The number of para-hydroxylation sites is 2. The van der Waals surface area contributed by atoms with Crippen molar-refractivity contribution in [3.05, 3.63) is 188 Å². The summed E-state index contributed by atoms with van der Waals surface area (Å²) in [5.74, 6) is 0. The molecule has 0 radical (unpaired) electrons. The second-order valence-electron chi connectivity index (χ2n) is 12.9. The summed E-state index contributed by atoms with van der Waals surface area (Å²) < 4.78 is 6.41. The maximum atomic E-state index is 6.41. The van der Waals surface area contributed by atoms with Gasteiger partial charge in [-0.2, -0.15) is 0 Å². The van der Waals surface area contributed by atoms with Crippen LogP contribution in [0.25, 0.3) is 76.5 Å². The summed E-state index contributed by atoms with van der Waals surface area (Å²) >= 11 is 0. The van der Waals surface area contributed by atoms with Crippen LogP contribution in [0, 0.1) is 0 Å². The van der Waals surface area contributed by atoms with Crippen LogP contribution in [0.4, 0.5) is 17.1 Å². The van der Waals surface area contributed by atoms with E-state index < -0.39 is 0 Å². The van der Waals surface area contributed by atoms with E-state index in [0.717, 1.165) is 50.1 Å². The number of hydrogen-bond acceptors (Lipinski definition) is 2. The molecule has 0 unspecified atom stereocenters. The molecule has 0 saturated carbocycles. The van der Waals surface area contributed by atoms with Gasteiger partial charge in [0.15, 0.2) is 0 Å². The predicted molar refractivity (Wildman–Crippen MR) is 212 cm³/mol. The molecule has 0 atom stereocenters. The number of furan rings is 1. The highest BCUT2D eigenvalue weighted by atomic mass is 16.3. The zero-order valence-corrected chi connectivity index (χ0v) is 27.3. The molecule has 0 fully saturated rings. The van der Waals surface area contributed by atoms with Crippen molar-refractivity contribution < 1.29 is 4.42 Å². The Morgan fingerprint density at radius 3 is 1.62 bits per heavy atom. The van der Waals surface area contributed by atoms with Crippen molar-refractivity contribution in [2.45, 2.75) is 0 Å². The van der Waals surface area contributed by atoms with Crippen molar-refractivity contribution in [3.8, 4) is 22.3 Å². The van der Waals surface area contributed by atoms with Gasteiger partial charge in [-0.15, -0.1) is 0 Å². The van der Waals surface area contributed by atoms with Gasteiger partial charge in [0.25, 0.3) is 0 Å². The normalized spacial score (nSPS) is 11.6. The van der Waals surface area contributed by atoms with Crippen molar-refractivity contribution in [1.29, 1.82) is 0 Å². The molecule has 0 amide bonds. The second kappa shape index (κ2) is 11.5. The Balaban J connectivity index is 1.14. The minimum atomic E-state index is 0.910. The Morgan fingerprint density at radius 2 is 0.860 bits per heavy atom. The monoisotopic (exact) mass is 637 g/mol. The summed E-state index contributed by atoms with van der Waals surface area (Å²) in [6.07, 6.45) is 0. The van der Waals surface area contributed by atoms with Crippen LogP contribution < -0.4 is 4.90 Å². The lowest BCUT2D eigenvalue weighted by molar-refractivity contribution is 0.670. The lowest BCUT2D eigenvalue weighted by atomic mass is 9.97. The summed E-state index contributed by atoms with van der Waals surface area (Å²) in [7, 11) is 0. The number of benzene rings is 9. The Kier molecular flexibility index (Phi) is 6.53. The Labute approximate surface area is 290 Å². The molecule has 0 N–H and O–H groups in total. The van der Waals surface area contributed by atoms with E-state index in [4.69, 9.17) is 4.42 Å². The minimum Gasteiger partial charge on any atom is -0.455 e. The van der Waals surface area contributed by atoms with E-state index in [-0.39, 0.29) is 0 Å². The van der Waals surface area contributed by atoms with Gasteiger partial charge >= 0.3 is 0 Å². The van der Waals surface area contributed by atoms with E-state index in [1.807, 2.05) is 12.1 Å². The SMILES string of the molecule is c1ccc2c(-c3ccc(N(c4ccc(-c5cccc6c5oc5ccccc56)cc4)c4cc5ccccc5c5ccccc45)cc3)cccc2c1. The van der Waals surface area contributed by atoms with Gasteiger partial charge in [0.1, 0.15) is 11.2 Å². The third-order valence-electron chi connectivity index (χ3n) is 10.1. The quantitative estimate of drug-likeness (QED) is 0.175. The zero-order valence-electron chi connectivity index (χ0n) is 27.3. The average Bonchev–Trinajstić information content (AvgIpc) is 3.58. The fourth-order valence-corrected chi connectivity index (χ4v) is 7.68. The topological polar surface area (TPSA) is 16.4 Å². The molecule has 1 heterocycles. The van der Waals surface area contributed by atoms with E-state index in [9.17, 15) is 0 Å². The van der Waals surface area contributed by atoms with E-state index in [0.29, 0.717) is 0 Å². The van der Waals surface area contributed by atoms with Crippen LogP contribution >= 0.6 is 0 Å². The van der Waals surface area contributed by atoms with Crippen LogP contribution in [0.3, 0.4) is 0 Å². The molecule has 0 bridgehead atoms. The number of anilines is 3. The van der Waals surface area contributed by atoms with Gasteiger partial charge in [-0.3, -0.25) is 0 Å². The third kappa shape index (κ3) is 4.57. The molecule has 0 aliphatic heterocycles. The first kappa shape index (κ1) is 28.4. The first-order valence-corrected chi connectivity index (χ1v) is 17.1. The lowest BCUT2D eigenvalue weighted by Crippen LogP contribution is -2.10. The van der Waals surface area contributed by atoms with E-state index >= 15 is 0 Å². The van der Waals surface area contributed by atoms with Crippen molar-refractivity contribution in [1.82, 2.24) is 0 Å². The number of fused-ring (bicyclic) bond motifs is 7.